The molecule has 0 aliphatic carbocycles. The van der Waals surface area contributed by atoms with Crippen LogP contribution in [0.4, 0.5) is 4.39 Å². The van der Waals surface area contributed by atoms with Crippen molar-refractivity contribution in [3.8, 4) is 16.9 Å². The van der Waals surface area contributed by atoms with Crippen molar-refractivity contribution in [1.29, 1.82) is 0 Å². The predicted octanol–water partition coefficient (Wildman–Crippen LogP) is 4.61. The fraction of sp³-hybridized carbons (Fsp3) is 0.333. The molecule has 0 saturated heterocycles. The molecule has 140 valence electrons. The van der Waals surface area contributed by atoms with E-state index in [2.05, 4.69) is 18.0 Å². The zero-order chi connectivity index (χ0) is 19.0. The van der Waals surface area contributed by atoms with E-state index in [0.29, 0.717) is 11.5 Å². The lowest BCUT2D eigenvalue weighted by Gasteiger charge is -2.12. The minimum absolute atomic E-state index is 0.120. The van der Waals surface area contributed by atoms with Crippen LogP contribution in [0, 0.1) is 12.7 Å². The number of halogens is 1. The van der Waals surface area contributed by atoms with Crippen LogP contribution >= 0.6 is 11.8 Å². The van der Waals surface area contributed by atoms with Gasteiger partial charge in [0.15, 0.2) is 0 Å². The van der Waals surface area contributed by atoms with Gasteiger partial charge in [-0.1, -0.05) is 0 Å². The quantitative estimate of drug-likeness (QED) is 0.620. The van der Waals surface area contributed by atoms with E-state index >= 15 is 0 Å². The van der Waals surface area contributed by atoms with Crippen molar-refractivity contribution >= 4 is 11.8 Å². The van der Waals surface area contributed by atoms with Gasteiger partial charge in [-0.2, -0.15) is 5.10 Å². The fourth-order valence-corrected chi connectivity index (χ4v) is 4.07. The number of rotatable bonds is 3. The van der Waals surface area contributed by atoms with Crippen LogP contribution in [0.5, 0.6) is 0 Å². The Bertz CT molecular complexity index is 986. The Labute approximate surface area is 162 Å². The summed E-state index contributed by atoms with van der Waals surface area (Å²) in [6.07, 6.45) is 5.41. The first-order valence-corrected chi connectivity index (χ1v) is 10.3. The van der Waals surface area contributed by atoms with E-state index in [1.165, 1.54) is 23.4 Å². The third-order valence-electron chi connectivity index (χ3n) is 4.87. The Hall–Kier alpha value is -2.18. The van der Waals surface area contributed by atoms with Crippen molar-refractivity contribution in [2.45, 2.75) is 37.7 Å². The van der Waals surface area contributed by atoms with Gasteiger partial charge >= 0.3 is 0 Å². The highest BCUT2D eigenvalue weighted by Gasteiger charge is 2.25. The van der Waals surface area contributed by atoms with E-state index in [0.717, 1.165) is 41.2 Å². The third-order valence-corrected chi connectivity index (χ3v) is 5.63. The number of nitrogens with zero attached hydrogens (tertiary/aromatic N) is 3. The lowest BCUT2D eigenvalue weighted by molar-refractivity contribution is 0.0735. The molecule has 1 aliphatic rings. The molecule has 27 heavy (non-hydrogen) atoms. The molecule has 0 N–H and O–H groups in total. The van der Waals surface area contributed by atoms with Gasteiger partial charge < -0.3 is 4.74 Å². The second-order valence-electron chi connectivity index (χ2n) is 6.83. The van der Waals surface area contributed by atoms with Gasteiger partial charge in [-0.3, -0.25) is 4.98 Å². The molecule has 0 amide bonds. The maximum Gasteiger partial charge on any atom is 0.136 e. The maximum atomic E-state index is 14.0. The summed E-state index contributed by atoms with van der Waals surface area (Å²) in [4.78, 5) is 4.92. The Balaban J connectivity index is 1.92. The summed E-state index contributed by atoms with van der Waals surface area (Å²) in [5, 5.41) is 4.96. The van der Waals surface area contributed by atoms with Crippen LogP contribution in [-0.2, 0) is 17.6 Å². The van der Waals surface area contributed by atoms with E-state index in [1.54, 1.807) is 6.07 Å². The van der Waals surface area contributed by atoms with Crippen molar-refractivity contribution < 1.29 is 9.13 Å². The van der Waals surface area contributed by atoms with Gasteiger partial charge in [-0.05, 0) is 56.9 Å². The van der Waals surface area contributed by atoms with Crippen LogP contribution in [0.25, 0.3) is 16.9 Å². The SMILES string of the molecule is CSc1cc(-n2nc(-c3ccnc(C)c3)c3c2C[C@@H](C)OCC3)ccc1F. The second kappa shape index (κ2) is 7.44. The van der Waals surface area contributed by atoms with E-state index in [1.807, 2.05) is 36.2 Å². The zero-order valence-electron chi connectivity index (χ0n) is 15.7. The second-order valence-corrected chi connectivity index (χ2v) is 7.67. The van der Waals surface area contributed by atoms with Crippen LogP contribution in [0.1, 0.15) is 23.9 Å². The average Bonchev–Trinajstić information content (AvgIpc) is 2.89. The molecule has 4 rings (SSSR count). The van der Waals surface area contributed by atoms with Gasteiger partial charge in [0.1, 0.15) is 5.82 Å². The normalized spacial score (nSPS) is 16.8. The Kier molecular flexibility index (Phi) is 5.02. The predicted molar refractivity (Wildman–Crippen MR) is 106 cm³/mol. The lowest BCUT2D eigenvalue weighted by Crippen LogP contribution is -2.13. The Morgan fingerprint density at radius 1 is 1.26 bits per heavy atom. The summed E-state index contributed by atoms with van der Waals surface area (Å²) in [5.41, 5.74) is 6.20. The molecule has 0 unspecified atom stereocenters. The molecule has 3 heterocycles. The number of aromatic nitrogens is 3. The minimum atomic E-state index is -0.203. The number of benzene rings is 1. The molecule has 0 fully saturated rings. The molecule has 0 saturated carbocycles. The number of aryl methyl sites for hydroxylation is 1. The van der Waals surface area contributed by atoms with Gasteiger partial charge in [0.25, 0.3) is 0 Å². The summed E-state index contributed by atoms with van der Waals surface area (Å²) in [6.45, 7) is 4.74. The highest BCUT2D eigenvalue weighted by atomic mass is 32.2. The van der Waals surface area contributed by atoms with E-state index < -0.39 is 0 Å². The molecular weight excluding hydrogens is 361 g/mol. The standard InChI is InChI=1S/C21H22FN3OS/c1-13-10-15(6-8-23-13)21-17-7-9-26-14(2)11-19(17)25(24-21)16-4-5-18(22)20(12-16)27-3/h4-6,8,10,12,14H,7,9,11H2,1-3H3/t14-/m1/s1. The smallest absolute Gasteiger partial charge is 0.136 e. The van der Waals surface area contributed by atoms with E-state index in [9.17, 15) is 4.39 Å². The summed E-state index contributed by atoms with van der Waals surface area (Å²) in [6, 6.07) is 9.22. The average molecular weight is 383 g/mol. The minimum Gasteiger partial charge on any atom is -0.378 e. The highest BCUT2D eigenvalue weighted by Crippen LogP contribution is 2.32. The highest BCUT2D eigenvalue weighted by molar-refractivity contribution is 7.98. The Morgan fingerprint density at radius 3 is 2.89 bits per heavy atom. The number of thioether (sulfide) groups is 1. The topological polar surface area (TPSA) is 39.9 Å². The summed E-state index contributed by atoms with van der Waals surface area (Å²) < 4.78 is 21.8. The number of hydrogen-bond acceptors (Lipinski definition) is 4. The number of ether oxygens (including phenoxy) is 1. The van der Waals surface area contributed by atoms with E-state index in [-0.39, 0.29) is 11.9 Å². The molecule has 1 atom stereocenters. The molecule has 2 aromatic heterocycles. The van der Waals surface area contributed by atoms with Crippen molar-refractivity contribution in [3.63, 3.8) is 0 Å². The number of hydrogen-bond donors (Lipinski definition) is 0. The maximum absolute atomic E-state index is 14.0. The molecule has 0 radical (unpaired) electrons. The zero-order valence-corrected chi connectivity index (χ0v) is 16.5. The summed E-state index contributed by atoms with van der Waals surface area (Å²) in [5.74, 6) is -0.203. The molecular formula is C21H22FN3OS. The van der Waals surface area contributed by atoms with Gasteiger partial charge in [0.05, 0.1) is 29.8 Å². The van der Waals surface area contributed by atoms with Gasteiger partial charge in [0, 0.05) is 34.3 Å². The van der Waals surface area contributed by atoms with Crippen LogP contribution in [0.2, 0.25) is 0 Å². The molecule has 6 heteroatoms. The summed E-state index contributed by atoms with van der Waals surface area (Å²) >= 11 is 1.40. The van der Waals surface area contributed by atoms with Gasteiger partial charge in [-0.15, -0.1) is 11.8 Å². The molecule has 0 bridgehead atoms. The molecule has 0 spiro atoms. The van der Waals surface area contributed by atoms with Crippen molar-refractivity contribution in [3.05, 3.63) is 59.3 Å². The van der Waals surface area contributed by atoms with Crippen molar-refractivity contribution in [1.82, 2.24) is 14.8 Å². The molecule has 1 aliphatic heterocycles. The molecule has 4 nitrogen and oxygen atoms in total. The first-order chi connectivity index (χ1) is 13.1. The Morgan fingerprint density at radius 2 is 2.11 bits per heavy atom. The number of fused-ring (bicyclic) bond motifs is 1. The van der Waals surface area contributed by atoms with Crippen LogP contribution in [0.15, 0.2) is 41.4 Å². The first kappa shape index (κ1) is 18.2. The van der Waals surface area contributed by atoms with Crippen LogP contribution in [-0.4, -0.2) is 33.7 Å². The lowest BCUT2D eigenvalue weighted by atomic mass is 10.0. The fourth-order valence-electron chi connectivity index (χ4n) is 3.57. The van der Waals surface area contributed by atoms with Crippen molar-refractivity contribution in [2.24, 2.45) is 0 Å². The van der Waals surface area contributed by atoms with E-state index in [4.69, 9.17) is 9.84 Å². The monoisotopic (exact) mass is 383 g/mol. The van der Waals surface area contributed by atoms with Crippen LogP contribution in [0.3, 0.4) is 0 Å². The van der Waals surface area contributed by atoms with Crippen molar-refractivity contribution in [2.75, 3.05) is 12.9 Å². The summed E-state index contributed by atoms with van der Waals surface area (Å²) in [7, 11) is 0. The van der Waals surface area contributed by atoms with Gasteiger partial charge in [0.2, 0.25) is 0 Å². The molecule has 3 aromatic rings. The molecule has 1 aromatic carbocycles. The largest absolute Gasteiger partial charge is 0.378 e. The first-order valence-electron chi connectivity index (χ1n) is 9.06. The van der Waals surface area contributed by atoms with Crippen LogP contribution < -0.4 is 0 Å². The van der Waals surface area contributed by atoms with Gasteiger partial charge in [-0.25, -0.2) is 9.07 Å². The number of pyridine rings is 1. The third kappa shape index (κ3) is 3.51.